The van der Waals surface area contributed by atoms with Crippen LogP contribution < -0.4 is 5.73 Å². The predicted octanol–water partition coefficient (Wildman–Crippen LogP) is 4.15. The van der Waals surface area contributed by atoms with E-state index in [0.29, 0.717) is 0 Å². The molecule has 0 aliphatic heterocycles. The van der Waals surface area contributed by atoms with E-state index >= 15 is 0 Å². The first kappa shape index (κ1) is 13.5. The molecule has 20 heavy (non-hydrogen) atoms. The van der Waals surface area contributed by atoms with Crippen molar-refractivity contribution >= 4 is 16.7 Å². The van der Waals surface area contributed by atoms with Crippen LogP contribution in [0.4, 0.5) is 5.69 Å². The Morgan fingerprint density at radius 1 is 1.25 bits per heavy atom. The van der Waals surface area contributed by atoms with Crippen molar-refractivity contribution in [2.45, 2.75) is 58.4 Å². The Hall–Kier alpha value is -1.51. The number of anilines is 1. The number of hydrogen-bond acceptors (Lipinski definition) is 2. The first-order valence-corrected chi connectivity index (χ1v) is 8.02. The quantitative estimate of drug-likeness (QED) is 0.849. The van der Waals surface area contributed by atoms with Gasteiger partial charge in [0.2, 0.25) is 0 Å². The van der Waals surface area contributed by atoms with Gasteiger partial charge in [-0.2, -0.15) is 0 Å². The zero-order valence-electron chi connectivity index (χ0n) is 12.4. The van der Waals surface area contributed by atoms with Crippen LogP contribution in [0.15, 0.2) is 18.2 Å². The lowest BCUT2D eigenvalue weighted by Crippen LogP contribution is -2.16. The summed E-state index contributed by atoms with van der Waals surface area (Å²) in [6.45, 7) is 3.36. The highest BCUT2D eigenvalue weighted by Gasteiger charge is 2.17. The number of fused-ring (bicyclic) bond motifs is 1. The van der Waals surface area contributed by atoms with Gasteiger partial charge in [0.05, 0.1) is 11.0 Å². The first-order chi connectivity index (χ1) is 9.78. The minimum Gasteiger partial charge on any atom is -0.399 e. The second kappa shape index (κ2) is 5.86. The molecule has 3 nitrogen and oxygen atoms in total. The van der Waals surface area contributed by atoms with Gasteiger partial charge >= 0.3 is 0 Å². The third-order valence-electron chi connectivity index (χ3n) is 4.49. The molecule has 3 rings (SSSR count). The van der Waals surface area contributed by atoms with Crippen LogP contribution in [0.3, 0.4) is 0 Å². The molecular formula is C17H25N3. The summed E-state index contributed by atoms with van der Waals surface area (Å²) in [7, 11) is 0. The van der Waals surface area contributed by atoms with Crippen molar-refractivity contribution in [3.63, 3.8) is 0 Å². The number of imidazole rings is 1. The zero-order valence-corrected chi connectivity index (χ0v) is 12.4. The van der Waals surface area contributed by atoms with Crippen molar-refractivity contribution in [1.29, 1.82) is 0 Å². The summed E-state index contributed by atoms with van der Waals surface area (Å²) in [5, 5.41) is 0. The molecule has 1 aromatic carbocycles. The lowest BCUT2D eigenvalue weighted by Gasteiger charge is -2.23. The number of benzene rings is 1. The summed E-state index contributed by atoms with van der Waals surface area (Å²) >= 11 is 0. The highest BCUT2D eigenvalue weighted by Crippen LogP contribution is 2.28. The maximum absolute atomic E-state index is 5.89. The van der Waals surface area contributed by atoms with E-state index < -0.39 is 0 Å². The Kier molecular flexibility index (Phi) is 3.95. The molecule has 1 fully saturated rings. The monoisotopic (exact) mass is 271 g/mol. The minimum absolute atomic E-state index is 0.808. The fourth-order valence-electron chi connectivity index (χ4n) is 3.44. The van der Waals surface area contributed by atoms with E-state index in [4.69, 9.17) is 10.7 Å². The van der Waals surface area contributed by atoms with Crippen LogP contribution >= 0.6 is 0 Å². The van der Waals surface area contributed by atoms with Crippen LogP contribution in [0.5, 0.6) is 0 Å². The fourth-order valence-corrected chi connectivity index (χ4v) is 3.44. The number of aromatic nitrogens is 2. The van der Waals surface area contributed by atoms with E-state index in [-0.39, 0.29) is 0 Å². The third-order valence-corrected chi connectivity index (χ3v) is 4.49. The predicted molar refractivity (Wildman–Crippen MR) is 84.7 cm³/mol. The molecule has 1 aromatic heterocycles. The Bertz CT molecular complexity index is 579. The smallest absolute Gasteiger partial charge is 0.109 e. The number of nitrogen functional groups attached to an aromatic ring is 1. The van der Waals surface area contributed by atoms with Crippen molar-refractivity contribution in [2.24, 2.45) is 5.92 Å². The number of nitrogens with zero attached hydrogens (tertiary/aromatic N) is 2. The summed E-state index contributed by atoms with van der Waals surface area (Å²) in [6, 6.07) is 6.14. The fraction of sp³-hybridized carbons (Fsp3) is 0.588. The Labute approximate surface area is 121 Å². The van der Waals surface area contributed by atoms with Gasteiger partial charge in [-0.15, -0.1) is 0 Å². The largest absolute Gasteiger partial charge is 0.399 e. The van der Waals surface area contributed by atoms with Crippen molar-refractivity contribution in [1.82, 2.24) is 9.55 Å². The summed E-state index contributed by atoms with van der Waals surface area (Å²) in [5.74, 6) is 2.06. The Balaban J connectivity index is 1.95. The SMILES string of the molecule is CCCc1nc2cc(N)ccc2n1CC1CCCCC1. The number of aryl methyl sites for hydroxylation is 1. The van der Waals surface area contributed by atoms with E-state index in [0.717, 1.165) is 36.5 Å². The number of nitrogens with two attached hydrogens (primary N) is 1. The summed E-state index contributed by atoms with van der Waals surface area (Å²) in [6.07, 6.45) is 9.16. The van der Waals surface area contributed by atoms with E-state index in [1.807, 2.05) is 12.1 Å². The van der Waals surface area contributed by atoms with Gasteiger partial charge in [-0.25, -0.2) is 4.98 Å². The van der Waals surface area contributed by atoms with Gasteiger partial charge in [0.15, 0.2) is 0 Å². The average Bonchev–Trinajstić information content (AvgIpc) is 2.77. The van der Waals surface area contributed by atoms with E-state index in [1.165, 1.54) is 43.4 Å². The number of rotatable bonds is 4. The molecule has 2 N–H and O–H groups in total. The molecule has 0 unspecified atom stereocenters. The maximum atomic E-state index is 5.89. The summed E-state index contributed by atoms with van der Waals surface area (Å²) in [4.78, 5) is 4.81. The molecule has 0 saturated heterocycles. The van der Waals surface area contributed by atoms with Gasteiger partial charge in [-0.3, -0.25) is 0 Å². The molecule has 1 saturated carbocycles. The van der Waals surface area contributed by atoms with Gasteiger partial charge in [0, 0.05) is 18.7 Å². The van der Waals surface area contributed by atoms with Crippen LogP contribution in [-0.4, -0.2) is 9.55 Å². The lowest BCUT2D eigenvalue weighted by molar-refractivity contribution is 0.319. The molecule has 0 radical (unpaired) electrons. The van der Waals surface area contributed by atoms with Gasteiger partial charge in [0.25, 0.3) is 0 Å². The molecule has 1 heterocycles. The highest BCUT2D eigenvalue weighted by atomic mass is 15.1. The van der Waals surface area contributed by atoms with Gasteiger partial charge in [-0.05, 0) is 43.4 Å². The van der Waals surface area contributed by atoms with E-state index in [9.17, 15) is 0 Å². The molecule has 0 atom stereocenters. The zero-order chi connectivity index (χ0) is 13.9. The van der Waals surface area contributed by atoms with Crippen LogP contribution in [0, 0.1) is 5.92 Å². The summed E-state index contributed by atoms with van der Waals surface area (Å²) in [5.41, 5.74) is 9.02. The van der Waals surface area contributed by atoms with Crippen LogP contribution in [0.25, 0.3) is 11.0 Å². The molecular weight excluding hydrogens is 246 g/mol. The standard InChI is InChI=1S/C17H25N3/c1-2-6-17-19-15-11-14(18)9-10-16(15)20(17)12-13-7-4-3-5-8-13/h9-11,13H,2-8,12,18H2,1H3. The molecule has 1 aliphatic carbocycles. The molecule has 0 bridgehead atoms. The van der Waals surface area contributed by atoms with Gasteiger partial charge in [-0.1, -0.05) is 26.2 Å². The van der Waals surface area contributed by atoms with E-state index in [2.05, 4.69) is 17.6 Å². The van der Waals surface area contributed by atoms with Gasteiger partial charge < -0.3 is 10.3 Å². The second-order valence-electron chi connectivity index (χ2n) is 6.14. The van der Waals surface area contributed by atoms with Crippen LogP contribution in [0.2, 0.25) is 0 Å². The molecule has 1 aliphatic rings. The minimum atomic E-state index is 0.808. The summed E-state index contributed by atoms with van der Waals surface area (Å²) < 4.78 is 2.45. The molecule has 108 valence electrons. The lowest BCUT2D eigenvalue weighted by atomic mass is 9.89. The van der Waals surface area contributed by atoms with Crippen molar-refractivity contribution in [3.05, 3.63) is 24.0 Å². The molecule has 0 spiro atoms. The molecule has 2 aromatic rings. The third kappa shape index (κ3) is 2.67. The van der Waals surface area contributed by atoms with Crippen LogP contribution in [0.1, 0.15) is 51.3 Å². The first-order valence-electron chi connectivity index (χ1n) is 8.02. The number of hydrogen-bond donors (Lipinski definition) is 1. The van der Waals surface area contributed by atoms with Crippen molar-refractivity contribution in [2.75, 3.05) is 5.73 Å². The van der Waals surface area contributed by atoms with Gasteiger partial charge in [0.1, 0.15) is 5.82 Å². The maximum Gasteiger partial charge on any atom is 0.109 e. The van der Waals surface area contributed by atoms with Crippen LogP contribution in [-0.2, 0) is 13.0 Å². The second-order valence-corrected chi connectivity index (χ2v) is 6.14. The van der Waals surface area contributed by atoms with Crippen molar-refractivity contribution < 1.29 is 0 Å². The Morgan fingerprint density at radius 2 is 2.05 bits per heavy atom. The normalized spacial score (nSPS) is 16.9. The average molecular weight is 271 g/mol. The highest BCUT2D eigenvalue weighted by molar-refractivity contribution is 5.79. The Morgan fingerprint density at radius 3 is 2.80 bits per heavy atom. The van der Waals surface area contributed by atoms with Crippen molar-refractivity contribution in [3.8, 4) is 0 Å². The molecule has 3 heteroatoms. The topological polar surface area (TPSA) is 43.8 Å². The van der Waals surface area contributed by atoms with E-state index in [1.54, 1.807) is 0 Å². The molecule has 0 amide bonds.